The molecule has 444 valence electrons. The Hall–Kier alpha value is -1.66. The maximum absolute atomic E-state index is 12.5. The smallest absolute Gasteiger partial charge is 0.305 e. The van der Waals surface area contributed by atoms with Crippen molar-refractivity contribution in [2.75, 3.05) is 13.2 Å². The predicted octanol–water partition coefficient (Wildman–Crippen LogP) is 21.8. The Morgan fingerprint density at radius 3 is 0.987 bits per heavy atom. The van der Waals surface area contributed by atoms with Crippen molar-refractivity contribution in [2.45, 2.75) is 392 Å². The van der Waals surface area contributed by atoms with Gasteiger partial charge in [0.2, 0.25) is 5.91 Å². The van der Waals surface area contributed by atoms with Crippen LogP contribution in [0.5, 0.6) is 0 Å². The number of allylic oxidation sites excluding steroid dienone is 4. The van der Waals surface area contributed by atoms with E-state index in [1.54, 1.807) is 0 Å². The van der Waals surface area contributed by atoms with Gasteiger partial charge in [-0.25, -0.2) is 0 Å². The standard InChI is InChI=1S/C69H133NO5/c1-3-5-7-9-11-13-15-17-19-21-23-24-25-26-27-28-29-30-33-37-41-45-49-53-57-61-67(72)66(65-71)70-68(73)62-58-54-50-46-42-38-34-32-36-40-44-48-52-56-60-64-75-69(74)63-59-55-51-47-43-39-35-31-22-20-18-16-14-12-10-8-6-4-2/h32,36,40,44,66-67,71-72H,3-31,33-35,37-39,41-43,45-65H2,1-2H3,(H,70,73)/b36-32-,44-40-. The normalized spacial score (nSPS) is 12.6. The van der Waals surface area contributed by atoms with Crippen molar-refractivity contribution in [3.05, 3.63) is 24.3 Å². The van der Waals surface area contributed by atoms with Crippen LogP contribution >= 0.6 is 0 Å². The maximum Gasteiger partial charge on any atom is 0.305 e. The summed E-state index contributed by atoms with van der Waals surface area (Å²) in [5, 5.41) is 23.4. The van der Waals surface area contributed by atoms with Crippen LogP contribution in [0.2, 0.25) is 0 Å². The fourth-order valence-corrected chi connectivity index (χ4v) is 10.8. The number of rotatable bonds is 64. The summed E-state index contributed by atoms with van der Waals surface area (Å²) >= 11 is 0. The quantitative estimate of drug-likeness (QED) is 0.0320. The molecule has 0 aromatic carbocycles. The van der Waals surface area contributed by atoms with Gasteiger partial charge in [-0.15, -0.1) is 0 Å². The first-order chi connectivity index (χ1) is 37.0. The van der Waals surface area contributed by atoms with Crippen molar-refractivity contribution >= 4 is 11.9 Å². The zero-order chi connectivity index (χ0) is 54.3. The third-order valence-corrected chi connectivity index (χ3v) is 16.0. The van der Waals surface area contributed by atoms with Crippen molar-refractivity contribution in [1.82, 2.24) is 5.32 Å². The first-order valence-corrected chi connectivity index (χ1v) is 34.1. The lowest BCUT2D eigenvalue weighted by Crippen LogP contribution is -2.45. The highest BCUT2D eigenvalue weighted by Gasteiger charge is 2.20. The molecule has 0 aliphatic rings. The van der Waals surface area contributed by atoms with Gasteiger partial charge in [-0.2, -0.15) is 0 Å². The zero-order valence-electron chi connectivity index (χ0n) is 50.8. The third-order valence-electron chi connectivity index (χ3n) is 16.0. The van der Waals surface area contributed by atoms with Crippen LogP contribution in [-0.2, 0) is 14.3 Å². The summed E-state index contributed by atoms with van der Waals surface area (Å²) in [5.74, 6) is -0.0689. The van der Waals surface area contributed by atoms with E-state index in [-0.39, 0.29) is 18.5 Å². The number of amides is 1. The van der Waals surface area contributed by atoms with E-state index in [2.05, 4.69) is 43.5 Å². The van der Waals surface area contributed by atoms with Crippen molar-refractivity contribution in [3.8, 4) is 0 Å². The van der Waals surface area contributed by atoms with Crippen LogP contribution in [0.1, 0.15) is 380 Å². The van der Waals surface area contributed by atoms with Crippen LogP contribution in [0.15, 0.2) is 24.3 Å². The lowest BCUT2D eigenvalue weighted by Gasteiger charge is -2.22. The van der Waals surface area contributed by atoms with Gasteiger partial charge < -0.3 is 20.3 Å². The summed E-state index contributed by atoms with van der Waals surface area (Å²) in [7, 11) is 0. The van der Waals surface area contributed by atoms with Crippen LogP contribution in [0.3, 0.4) is 0 Å². The Balaban J connectivity index is 3.47. The lowest BCUT2D eigenvalue weighted by atomic mass is 10.0. The second-order valence-corrected chi connectivity index (χ2v) is 23.5. The molecule has 2 atom stereocenters. The lowest BCUT2D eigenvalue weighted by molar-refractivity contribution is -0.143. The first-order valence-electron chi connectivity index (χ1n) is 34.1. The fraction of sp³-hybridized carbons (Fsp3) is 0.913. The number of carbonyl (C=O) groups is 2. The summed E-state index contributed by atoms with van der Waals surface area (Å²) in [4.78, 5) is 24.6. The molecule has 0 saturated heterocycles. The Labute approximate surface area is 469 Å². The molecule has 0 aromatic heterocycles. The maximum atomic E-state index is 12.5. The molecule has 0 rings (SSSR count). The van der Waals surface area contributed by atoms with E-state index < -0.39 is 12.1 Å². The zero-order valence-corrected chi connectivity index (χ0v) is 50.8. The molecule has 0 aliphatic heterocycles. The van der Waals surface area contributed by atoms with Gasteiger partial charge >= 0.3 is 5.97 Å². The Bertz CT molecular complexity index is 1170. The summed E-state index contributed by atoms with van der Waals surface area (Å²) in [5.41, 5.74) is 0. The van der Waals surface area contributed by atoms with Crippen LogP contribution in [-0.4, -0.2) is 47.4 Å². The van der Waals surface area contributed by atoms with Crippen LogP contribution in [0, 0.1) is 0 Å². The number of carbonyl (C=O) groups excluding carboxylic acids is 2. The summed E-state index contributed by atoms with van der Waals surface area (Å²) < 4.78 is 5.47. The molecule has 0 fully saturated rings. The number of nitrogens with one attached hydrogen (secondary N) is 1. The van der Waals surface area contributed by atoms with Gasteiger partial charge in [-0.3, -0.25) is 9.59 Å². The average molecular weight is 1060 g/mol. The van der Waals surface area contributed by atoms with E-state index >= 15 is 0 Å². The van der Waals surface area contributed by atoms with Gasteiger partial charge in [0, 0.05) is 12.8 Å². The number of hydrogen-bond acceptors (Lipinski definition) is 5. The monoisotopic (exact) mass is 1060 g/mol. The molecule has 0 radical (unpaired) electrons. The summed E-state index contributed by atoms with van der Waals surface area (Å²) in [6.45, 7) is 4.94. The second kappa shape index (κ2) is 64.9. The third kappa shape index (κ3) is 61.4. The van der Waals surface area contributed by atoms with Crippen molar-refractivity contribution in [1.29, 1.82) is 0 Å². The number of aliphatic hydroxyl groups is 2. The molecule has 6 nitrogen and oxygen atoms in total. The van der Waals surface area contributed by atoms with E-state index in [4.69, 9.17) is 4.74 Å². The average Bonchev–Trinajstić information content (AvgIpc) is 3.41. The minimum Gasteiger partial charge on any atom is -0.466 e. The predicted molar refractivity (Wildman–Crippen MR) is 329 cm³/mol. The Morgan fingerprint density at radius 1 is 0.373 bits per heavy atom. The number of ether oxygens (including phenoxy) is 1. The SMILES string of the molecule is CCCCCCCCCCCCCCCCCCCCCCCCCCCC(O)C(CO)NC(=O)CCCCCCCC/C=C\C=C/CCCCCOC(=O)CCCCCCCCCCCCCCCCCCCC. The first kappa shape index (κ1) is 73.3. The fourth-order valence-electron chi connectivity index (χ4n) is 10.8. The molecule has 1 amide bonds. The molecule has 0 aliphatic carbocycles. The molecule has 0 bridgehead atoms. The number of hydrogen-bond donors (Lipinski definition) is 3. The highest BCUT2D eigenvalue weighted by atomic mass is 16.5. The van der Waals surface area contributed by atoms with Gasteiger partial charge in [0.05, 0.1) is 25.4 Å². The van der Waals surface area contributed by atoms with Crippen LogP contribution < -0.4 is 5.32 Å². The van der Waals surface area contributed by atoms with E-state index in [1.807, 2.05) is 0 Å². The van der Waals surface area contributed by atoms with Gasteiger partial charge in [-0.05, 0) is 57.8 Å². The molecular weight excluding hydrogens is 923 g/mol. The van der Waals surface area contributed by atoms with Gasteiger partial charge in [0.25, 0.3) is 0 Å². The molecule has 0 heterocycles. The van der Waals surface area contributed by atoms with E-state index in [0.29, 0.717) is 25.9 Å². The van der Waals surface area contributed by atoms with Crippen LogP contribution in [0.4, 0.5) is 0 Å². The van der Waals surface area contributed by atoms with Gasteiger partial charge in [0.1, 0.15) is 0 Å². The van der Waals surface area contributed by atoms with E-state index in [9.17, 15) is 19.8 Å². The van der Waals surface area contributed by atoms with Crippen molar-refractivity contribution < 1.29 is 24.5 Å². The largest absolute Gasteiger partial charge is 0.466 e. The molecule has 0 spiro atoms. The van der Waals surface area contributed by atoms with Crippen molar-refractivity contribution in [2.24, 2.45) is 0 Å². The van der Waals surface area contributed by atoms with Crippen molar-refractivity contribution in [3.63, 3.8) is 0 Å². The molecule has 6 heteroatoms. The molecule has 3 N–H and O–H groups in total. The Morgan fingerprint density at radius 2 is 0.653 bits per heavy atom. The number of unbranched alkanes of at least 4 members (excludes halogenated alkanes) is 50. The summed E-state index contributed by atoms with van der Waals surface area (Å²) in [6.07, 6.45) is 80.7. The topological polar surface area (TPSA) is 95.9 Å². The summed E-state index contributed by atoms with van der Waals surface area (Å²) in [6, 6.07) is -0.559. The van der Waals surface area contributed by atoms with E-state index in [0.717, 1.165) is 77.0 Å². The Kier molecular flexibility index (Phi) is 63.4. The molecule has 0 saturated carbocycles. The number of aliphatic hydroxyl groups excluding tert-OH is 2. The van der Waals surface area contributed by atoms with E-state index in [1.165, 1.54) is 270 Å². The second-order valence-electron chi connectivity index (χ2n) is 23.5. The van der Waals surface area contributed by atoms with Gasteiger partial charge in [-0.1, -0.05) is 334 Å². The highest BCUT2D eigenvalue weighted by Crippen LogP contribution is 2.19. The minimum absolute atomic E-state index is 0.0160. The molecule has 0 aromatic rings. The molecule has 2 unspecified atom stereocenters. The van der Waals surface area contributed by atoms with Gasteiger partial charge in [0.15, 0.2) is 0 Å². The molecular formula is C69H133NO5. The highest BCUT2D eigenvalue weighted by molar-refractivity contribution is 5.76. The number of esters is 1. The minimum atomic E-state index is -0.680. The molecule has 75 heavy (non-hydrogen) atoms. The van der Waals surface area contributed by atoms with Crippen LogP contribution in [0.25, 0.3) is 0 Å².